The zero-order valence-corrected chi connectivity index (χ0v) is 10.0. The van der Waals surface area contributed by atoms with Gasteiger partial charge in [-0.25, -0.2) is 9.59 Å². The number of aromatic carboxylic acids is 1. The van der Waals surface area contributed by atoms with E-state index in [1.54, 1.807) is 18.2 Å². The number of amides is 3. The SMILES string of the molecule is O=C1CC2(Cc3ccc(C(=O)O)cc3C2)NC(=O)N1. The van der Waals surface area contributed by atoms with Gasteiger partial charge in [-0.2, -0.15) is 0 Å². The summed E-state index contributed by atoms with van der Waals surface area (Å²) in [6, 6.07) is 4.44. The van der Waals surface area contributed by atoms with Crippen molar-refractivity contribution in [3.63, 3.8) is 0 Å². The van der Waals surface area contributed by atoms with Gasteiger partial charge < -0.3 is 10.4 Å². The van der Waals surface area contributed by atoms with Gasteiger partial charge in [0.15, 0.2) is 0 Å². The molecule has 1 aromatic carbocycles. The third-order valence-corrected chi connectivity index (χ3v) is 3.64. The molecule has 3 N–H and O–H groups in total. The van der Waals surface area contributed by atoms with Crippen molar-refractivity contribution in [2.75, 3.05) is 0 Å². The maximum atomic E-state index is 11.5. The van der Waals surface area contributed by atoms with Gasteiger partial charge in [-0.15, -0.1) is 0 Å². The highest BCUT2D eigenvalue weighted by Crippen LogP contribution is 2.34. The van der Waals surface area contributed by atoms with Gasteiger partial charge in [-0.1, -0.05) is 6.07 Å². The molecule has 1 fully saturated rings. The molecule has 3 amide bonds. The van der Waals surface area contributed by atoms with E-state index in [-0.39, 0.29) is 17.9 Å². The molecule has 1 saturated heterocycles. The monoisotopic (exact) mass is 260 g/mol. The van der Waals surface area contributed by atoms with Crippen LogP contribution in [0.5, 0.6) is 0 Å². The van der Waals surface area contributed by atoms with Crippen LogP contribution in [-0.2, 0) is 17.6 Å². The third-order valence-electron chi connectivity index (χ3n) is 3.64. The van der Waals surface area contributed by atoms with Gasteiger partial charge in [0.05, 0.1) is 17.5 Å². The first kappa shape index (κ1) is 11.7. The molecule has 1 aliphatic heterocycles. The van der Waals surface area contributed by atoms with Gasteiger partial charge in [0.2, 0.25) is 5.91 Å². The van der Waals surface area contributed by atoms with Crippen LogP contribution >= 0.6 is 0 Å². The molecule has 3 rings (SSSR count). The van der Waals surface area contributed by atoms with Crippen LogP contribution in [-0.4, -0.2) is 28.6 Å². The molecule has 0 saturated carbocycles. The van der Waals surface area contributed by atoms with Crippen LogP contribution in [0.2, 0.25) is 0 Å². The largest absolute Gasteiger partial charge is 0.478 e. The fraction of sp³-hybridized carbons (Fsp3) is 0.308. The Hall–Kier alpha value is -2.37. The second-order valence-electron chi connectivity index (χ2n) is 5.10. The lowest BCUT2D eigenvalue weighted by molar-refractivity contribution is -0.122. The molecular weight excluding hydrogens is 248 g/mol. The number of carbonyl (C=O) groups is 3. The van der Waals surface area contributed by atoms with Crippen LogP contribution in [0.15, 0.2) is 18.2 Å². The minimum Gasteiger partial charge on any atom is -0.478 e. The maximum absolute atomic E-state index is 11.5. The second-order valence-corrected chi connectivity index (χ2v) is 5.10. The molecule has 98 valence electrons. The lowest BCUT2D eigenvalue weighted by atomic mass is 9.90. The zero-order chi connectivity index (χ0) is 13.6. The molecule has 19 heavy (non-hydrogen) atoms. The smallest absolute Gasteiger partial charge is 0.335 e. The quantitative estimate of drug-likeness (QED) is 0.683. The van der Waals surface area contributed by atoms with Crippen molar-refractivity contribution in [2.45, 2.75) is 24.8 Å². The van der Waals surface area contributed by atoms with Crippen molar-refractivity contribution in [3.05, 3.63) is 34.9 Å². The van der Waals surface area contributed by atoms with E-state index in [4.69, 9.17) is 5.11 Å². The minimum atomic E-state index is -0.978. The fourth-order valence-electron chi connectivity index (χ4n) is 2.90. The number of carboxylic acid groups (broad SMARTS) is 1. The number of fused-ring (bicyclic) bond motifs is 1. The van der Waals surface area contributed by atoms with Crippen LogP contribution in [0.3, 0.4) is 0 Å². The van der Waals surface area contributed by atoms with E-state index in [1.807, 2.05) is 0 Å². The van der Waals surface area contributed by atoms with E-state index >= 15 is 0 Å². The lowest BCUT2D eigenvalue weighted by Crippen LogP contribution is -2.61. The molecule has 6 nitrogen and oxygen atoms in total. The summed E-state index contributed by atoms with van der Waals surface area (Å²) in [6.07, 6.45) is 1.26. The Kier molecular flexibility index (Phi) is 2.35. The van der Waals surface area contributed by atoms with Gasteiger partial charge in [0.25, 0.3) is 0 Å². The number of carboxylic acids is 1. The van der Waals surface area contributed by atoms with Crippen molar-refractivity contribution < 1.29 is 19.5 Å². The summed E-state index contributed by atoms with van der Waals surface area (Å²) in [5, 5.41) is 14.0. The topological polar surface area (TPSA) is 95.5 Å². The summed E-state index contributed by atoms with van der Waals surface area (Å²) in [7, 11) is 0. The Morgan fingerprint density at radius 2 is 1.89 bits per heavy atom. The lowest BCUT2D eigenvalue weighted by Gasteiger charge is -2.33. The minimum absolute atomic E-state index is 0.218. The van der Waals surface area contributed by atoms with Gasteiger partial charge in [-0.3, -0.25) is 10.1 Å². The summed E-state index contributed by atoms with van der Waals surface area (Å²) >= 11 is 0. The van der Waals surface area contributed by atoms with Crippen molar-refractivity contribution in [1.82, 2.24) is 10.6 Å². The molecule has 1 unspecified atom stereocenters. The molecule has 0 radical (unpaired) electrons. The zero-order valence-electron chi connectivity index (χ0n) is 10.0. The number of hydrogen-bond donors (Lipinski definition) is 3. The first-order valence-electron chi connectivity index (χ1n) is 5.95. The summed E-state index contributed by atoms with van der Waals surface area (Å²) in [5.74, 6) is -1.27. The van der Waals surface area contributed by atoms with Crippen LogP contribution in [0.1, 0.15) is 27.9 Å². The van der Waals surface area contributed by atoms with E-state index in [1.165, 1.54) is 0 Å². The van der Waals surface area contributed by atoms with Crippen molar-refractivity contribution >= 4 is 17.9 Å². The highest BCUT2D eigenvalue weighted by molar-refractivity contribution is 5.98. The number of nitrogens with one attached hydrogen (secondary N) is 2. The van der Waals surface area contributed by atoms with Crippen molar-refractivity contribution in [3.8, 4) is 0 Å². The molecule has 1 aliphatic carbocycles. The van der Waals surface area contributed by atoms with E-state index in [0.29, 0.717) is 12.8 Å². The molecule has 2 aliphatic rings. The average Bonchev–Trinajstić information content (AvgIpc) is 2.62. The van der Waals surface area contributed by atoms with Gasteiger partial charge in [0, 0.05) is 0 Å². The number of rotatable bonds is 1. The first-order chi connectivity index (χ1) is 8.97. The Balaban J connectivity index is 1.93. The molecule has 1 heterocycles. The number of imide groups is 1. The molecule has 0 bridgehead atoms. The first-order valence-corrected chi connectivity index (χ1v) is 5.95. The van der Waals surface area contributed by atoms with E-state index in [2.05, 4.69) is 10.6 Å². The highest BCUT2D eigenvalue weighted by Gasteiger charge is 2.43. The molecule has 1 aromatic rings. The Morgan fingerprint density at radius 1 is 1.16 bits per heavy atom. The Bertz CT molecular complexity index is 593. The molecular formula is C13H12N2O4. The molecule has 0 aromatic heterocycles. The summed E-state index contributed by atoms with van der Waals surface area (Å²) in [6.45, 7) is 0. The predicted molar refractivity (Wildman–Crippen MR) is 64.8 cm³/mol. The Labute approximate surface area is 108 Å². The van der Waals surface area contributed by atoms with Gasteiger partial charge in [-0.05, 0) is 36.1 Å². The molecule has 1 atom stereocenters. The second kappa shape index (κ2) is 3.81. The van der Waals surface area contributed by atoms with Crippen molar-refractivity contribution in [2.24, 2.45) is 0 Å². The number of carbonyl (C=O) groups excluding carboxylic acids is 2. The summed E-state index contributed by atoms with van der Waals surface area (Å²) in [5.41, 5.74) is 1.50. The fourth-order valence-corrected chi connectivity index (χ4v) is 2.90. The maximum Gasteiger partial charge on any atom is 0.335 e. The van der Waals surface area contributed by atoms with Crippen LogP contribution in [0.25, 0.3) is 0 Å². The van der Waals surface area contributed by atoms with Crippen molar-refractivity contribution in [1.29, 1.82) is 0 Å². The summed E-state index contributed by atoms with van der Waals surface area (Å²) in [4.78, 5) is 33.9. The van der Waals surface area contributed by atoms with E-state index < -0.39 is 17.5 Å². The number of urea groups is 1. The standard InChI is InChI=1S/C13H12N2O4/c16-10-6-13(15-12(19)14-10)4-8-2-1-7(11(17)18)3-9(8)5-13/h1-3H,4-6H2,(H,17,18)(H2,14,15,16,19). The average molecular weight is 260 g/mol. The third kappa shape index (κ3) is 1.95. The van der Waals surface area contributed by atoms with Gasteiger partial charge >= 0.3 is 12.0 Å². The number of hydrogen-bond acceptors (Lipinski definition) is 3. The van der Waals surface area contributed by atoms with E-state index in [9.17, 15) is 14.4 Å². The van der Waals surface area contributed by atoms with Gasteiger partial charge in [0.1, 0.15) is 0 Å². The van der Waals surface area contributed by atoms with Crippen LogP contribution in [0.4, 0.5) is 4.79 Å². The predicted octanol–water partition coefficient (Wildman–Crippen LogP) is 0.452. The molecule has 1 spiro atoms. The number of benzene rings is 1. The summed E-state index contributed by atoms with van der Waals surface area (Å²) < 4.78 is 0. The Morgan fingerprint density at radius 3 is 2.58 bits per heavy atom. The highest BCUT2D eigenvalue weighted by atomic mass is 16.4. The van der Waals surface area contributed by atoms with Crippen LogP contribution in [0, 0.1) is 0 Å². The molecule has 6 heteroatoms. The normalized spacial score (nSPS) is 24.8. The van der Waals surface area contributed by atoms with E-state index in [0.717, 1.165) is 11.1 Å². The van der Waals surface area contributed by atoms with Crippen LogP contribution < -0.4 is 10.6 Å².